The van der Waals surface area contributed by atoms with Crippen LogP contribution in [0.5, 0.6) is 0 Å². The van der Waals surface area contributed by atoms with Gasteiger partial charge in [0.15, 0.2) is 5.16 Å². The van der Waals surface area contributed by atoms with Crippen molar-refractivity contribution in [2.45, 2.75) is 25.0 Å². The van der Waals surface area contributed by atoms with Crippen molar-refractivity contribution in [3.05, 3.63) is 24.3 Å². The molecule has 0 atom stereocenters. The lowest BCUT2D eigenvalue weighted by Crippen LogP contribution is -2.43. The van der Waals surface area contributed by atoms with Crippen LogP contribution in [0.25, 0.3) is 16.8 Å². The molecule has 0 unspecified atom stereocenters. The predicted octanol–water partition coefficient (Wildman–Crippen LogP) is 1.54. The van der Waals surface area contributed by atoms with E-state index in [9.17, 15) is 9.59 Å². The molecule has 1 aromatic carbocycles. The average Bonchev–Trinajstić information content (AvgIpc) is 3.03. The maximum Gasteiger partial charge on any atom is 0.321 e. The van der Waals surface area contributed by atoms with Crippen molar-refractivity contribution in [3.63, 3.8) is 0 Å². The van der Waals surface area contributed by atoms with Crippen LogP contribution in [-0.2, 0) is 4.79 Å². The number of carbonyl (C=O) groups excluding carboxylic acids is 2. The zero-order valence-electron chi connectivity index (χ0n) is 12.7. The number of para-hydroxylation sites is 2. The van der Waals surface area contributed by atoms with Crippen LogP contribution >= 0.6 is 11.8 Å². The summed E-state index contributed by atoms with van der Waals surface area (Å²) in [6.07, 6.45) is 0. The quantitative estimate of drug-likeness (QED) is 0.629. The lowest BCUT2D eigenvalue weighted by molar-refractivity contribution is -0.117. The number of H-pyrrole nitrogens is 1. The van der Waals surface area contributed by atoms with E-state index in [4.69, 9.17) is 0 Å². The van der Waals surface area contributed by atoms with Gasteiger partial charge in [-0.25, -0.2) is 14.9 Å². The predicted molar refractivity (Wildman–Crippen MR) is 87.4 cm³/mol. The van der Waals surface area contributed by atoms with Gasteiger partial charge < -0.3 is 5.32 Å². The van der Waals surface area contributed by atoms with E-state index < -0.39 is 6.03 Å². The fourth-order valence-corrected chi connectivity index (χ4v) is 2.89. The standard InChI is InChI=1S/C14H16N6O2S/c1-8(2)15-13(22)17-11(21)7-23-14-19-18-12-16-9-5-3-4-6-10(9)20(12)14/h3-6,8H,7H2,1-2H3,(H,16,18)(H2,15,17,21,22). The van der Waals surface area contributed by atoms with E-state index in [0.717, 1.165) is 11.0 Å². The van der Waals surface area contributed by atoms with Crippen molar-refractivity contribution in [2.75, 3.05) is 5.75 Å². The molecular formula is C14H16N6O2S. The highest BCUT2D eigenvalue weighted by molar-refractivity contribution is 7.99. The van der Waals surface area contributed by atoms with E-state index in [1.54, 1.807) is 0 Å². The summed E-state index contributed by atoms with van der Waals surface area (Å²) >= 11 is 1.23. The van der Waals surface area contributed by atoms with E-state index >= 15 is 0 Å². The normalized spacial score (nSPS) is 11.3. The largest absolute Gasteiger partial charge is 0.336 e. The van der Waals surface area contributed by atoms with Crippen LogP contribution in [0.3, 0.4) is 0 Å². The van der Waals surface area contributed by atoms with Gasteiger partial charge in [-0.15, -0.1) is 5.10 Å². The SMILES string of the molecule is CC(C)NC(=O)NC(=O)CSc1n[nH]c2nc3ccccc3n12. The first-order chi connectivity index (χ1) is 11.0. The average molecular weight is 332 g/mol. The van der Waals surface area contributed by atoms with Gasteiger partial charge in [0, 0.05) is 6.04 Å². The van der Waals surface area contributed by atoms with Crippen molar-refractivity contribution >= 4 is 40.5 Å². The molecule has 0 saturated heterocycles. The summed E-state index contributed by atoms with van der Waals surface area (Å²) in [7, 11) is 0. The fraction of sp³-hybridized carbons (Fsp3) is 0.286. The van der Waals surface area contributed by atoms with Gasteiger partial charge in [-0.1, -0.05) is 23.9 Å². The summed E-state index contributed by atoms with van der Waals surface area (Å²) in [5.41, 5.74) is 1.76. The van der Waals surface area contributed by atoms with Gasteiger partial charge in [0.1, 0.15) is 0 Å². The van der Waals surface area contributed by atoms with Crippen LogP contribution in [0.2, 0.25) is 0 Å². The smallest absolute Gasteiger partial charge is 0.321 e. The molecule has 0 aliphatic rings. The van der Waals surface area contributed by atoms with Gasteiger partial charge in [0.25, 0.3) is 0 Å². The number of amides is 3. The van der Waals surface area contributed by atoms with E-state index in [2.05, 4.69) is 25.8 Å². The first kappa shape index (κ1) is 15.3. The second kappa shape index (κ2) is 6.29. The topological polar surface area (TPSA) is 104 Å². The van der Waals surface area contributed by atoms with Crippen molar-refractivity contribution in [1.82, 2.24) is 30.2 Å². The van der Waals surface area contributed by atoms with Crippen molar-refractivity contribution in [2.24, 2.45) is 0 Å². The molecule has 2 aromatic heterocycles. The molecule has 3 N–H and O–H groups in total. The Hall–Kier alpha value is -2.55. The fourth-order valence-electron chi connectivity index (χ4n) is 2.13. The van der Waals surface area contributed by atoms with Gasteiger partial charge in [-0.3, -0.25) is 14.5 Å². The van der Waals surface area contributed by atoms with Crippen molar-refractivity contribution in [3.8, 4) is 0 Å². The Balaban J connectivity index is 1.70. The van der Waals surface area contributed by atoms with Crippen LogP contribution in [-0.4, -0.2) is 43.3 Å². The number of nitrogens with one attached hydrogen (secondary N) is 3. The Morgan fingerprint density at radius 3 is 2.91 bits per heavy atom. The number of imide groups is 1. The minimum atomic E-state index is -0.495. The number of urea groups is 1. The third-order valence-corrected chi connectivity index (χ3v) is 3.95. The van der Waals surface area contributed by atoms with E-state index in [1.807, 2.05) is 42.5 Å². The summed E-state index contributed by atoms with van der Waals surface area (Å²) in [5.74, 6) is 0.318. The summed E-state index contributed by atoms with van der Waals surface area (Å²) in [4.78, 5) is 27.7. The lowest BCUT2D eigenvalue weighted by Gasteiger charge is -2.08. The minimum absolute atomic E-state index is 0.0290. The molecule has 23 heavy (non-hydrogen) atoms. The number of aromatic amines is 1. The Morgan fingerprint density at radius 1 is 1.35 bits per heavy atom. The van der Waals surface area contributed by atoms with Gasteiger partial charge in [-0.2, -0.15) is 0 Å². The first-order valence-corrected chi connectivity index (χ1v) is 8.08. The molecule has 9 heteroatoms. The molecule has 0 radical (unpaired) electrons. The molecule has 0 aliphatic heterocycles. The van der Waals surface area contributed by atoms with E-state index in [1.165, 1.54) is 11.8 Å². The first-order valence-electron chi connectivity index (χ1n) is 7.09. The number of imidazole rings is 1. The number of benzene rings is 1. The summed E-state index contributed by atoms with van der Waals surface area (Å²) in [6, 6.07) is 7.15. The van der Waals surface area contributed by atoms with Crippen LogP contribution in [0.4, 0.5) is 4.79 Å². The molecule has 0 aliphatic carbocycles. The van der Waals surface area contributed by atoms with Crippen LogP contribution in [0.1, 0.15) is 13.8 Å². The van der Waals surface area contributed by atoms with Crippen LogP contribution in [0, 0.1) is 0 Å². The second-order valence-corrected chi connectivity index (χ2v) is 6.17. The second-order valence-electron chi connectivity index (χ2n) is 5.23. The molecule has 3 amide bonds. The zero-order chi connectivity index (χ0) is 16.4. The third-order valence-electron chi connectivity index (χ3n) is 3.01. The van der Waals surface area contributed by atoms with Crippen molar-refractivity contribution < 1.29 is 9.59 Å². The number of hydrogen-bond donors (Lipinski definition) is 3. The zero-order valence-corrected chi connectivity index (χ0v) is 13.5. The molecule has 120 valence electrons. The van der Waals surface area contributed by atoms with E-state index in [-0.39, 0.29) is 17.7 Å². The van der Waals surface area contributed by atoms with Gasteiger partial charge in [0.2, 0.25) is 11.7 Å². The highest BCUT2D eigenvalue weighted by Gasteiger charge is 2.14. The number of fused-ring (bicyclic) bond motifs is 3. The minimum Gasteiger partial charge on any atom is -0.336 e. The summed E-state index contributed by atoms with van der Waals surface area (Å²) < 4.78 is 1.85. The van der Waals surface area contributed by atoms with Gasteiger partial charge >= 0.3 is 6.03 Å². The van der Waals surface area contributed by atoms with Crippen LogP contribution in [0.15, 0.2) is 29.4 Å². The maximum atomic E-state index is 11.8. The third kappa shape index (κ3) is 3.29. The highest BCUT2D eigenvalue weighted by atomic mass is 32.2. The molecular weight excluding hydrogens is 316 g/mol. The van der Waals surface area contributed by atoms with Crippen molar-refractivity contribution in [1.29, 1.82) is 0 Å². The molecule has 2 heterocycles. The van der Waals surface area contributed by atoms with Gasteiger partial charge in [0.05, 0.1) is 16.8 Å². The molecule has 0 spiro atoms. The molecule has 8 nitrogen and oxygen atoms in total. The number of rotatable bonds is 4. The number of carbonyl (C=O) groups is 2. The molecule has 0 saturated carbocycles. The highest BCUT2D eigenvalue weighted by Crippen LogP contribution is 2.22. The molecule has 0 bridgehead atoms. The number of nitrogens with zero attached hydrogens (tertiary/aromatic N) is 3. The lowest BCUT2D eigenvalue weighted by atomic mass is 10.3. The number of hydrogen-bond acceptors (Lipinski definition) is 5. The Kier molecular flexibility index (Phi) is 4.20. The molecule has 0 fully saturated rings. The van der Waals surface area contributed by atoms with Crippen LogP contribution < -0.4 is 10.6 Å². The Labute approximate surface area is 136 Å². The number of aromatic nitrogens is 4. The van der Waals surface area contributed by atoms with Gasteiger partial charge in [-0.05, 0) is 26.0 Å². The maximum absolute atomic E-state index is 11.8. The Bertz CT molecular complexity index is 869. The summed E-state index contributed by atoms with van der Waals surface area (Å²) in [5, 5.41) is 12.5. The van der Waals surface area contributed by atoms with E-state index in [0.29, 0.717) is 10.9 Å². The molecule has 3 aromatic rings. The summed E-state index contributed by atoms with van der Waals surface area (Å²) in [6.45, 7) is 3.65. The monoisotopic (exact) mass is 332 g/mol. The molecule has 3 rings (SSSR count). The number of thioether (sulfide) groups is 1. The Morgan fingerprint density at radius 2 is 2.13 bits per heavy atom.